The highest BCUT2D eigenvalue weighted by atomic mass is 19.1. The van der Waals surface area contributed by atoms with Gasteiger partial charge in [0, 0.05) is 52.4 Å². The molecule has 22 nitrogen and oxygen atoms in total. The molecule has 0 spiro atoms. The van der Waals surface area contributed by atoms with Crippen molar-refractivity contribution >= 4 is 53.2 Å². The van der Waals surface area contributed by atoms with Crippen LogP contribution in [0.15, 0.2) is 146 Å². The van der Waals surface area contributed by atoms with Gasteiger partial charge in [0.2, 0.25) is 53.2 Å². The third-order valence-corrected chi connectivity index (χ3v) is 15.9. The molecule has 6 rings (SSSR count). The molecular weight excluding hydrogens is 1300 g/mol. The molecule has 0 heterocycles. The lowest BCUT2D eigenvalue weighted by Crippen LogP contribution is -2.52. The van der Waals surface area contributed by atoms with E-state index in [1.54, 1.807) is 6.07 Å². The van der Waals surface area contributed by atoms with Crippen molar-refractivity contribution in [1.29, 1.82) is 0 Å². The molecule has 9 amide bonds. The van der Waals surface area contributed by atoms with Gasteiger partial charge in [-0.25, -0.2) is 26.3 Å². The third kappa shape index (κ3) is 27.7. The highest BCUT2D eigenvalue weighted by Crippen LogP contribution is 2.19. The molecule has 0 radical (unpaired) electrons. The van der Waals surface area contributed by atoms with E-state index in [9.17, 15) is 55.5 Å². The number of nitrogens with zero attached hydrogens (tertiary/aromatic N) is 8. The van der Waals surface area contributed by atoms with E-state index in [4.69, 9.17) is 22.9 Å². The number of nitrogens with two attached hydrogens (primary N) is 4. The molecule has 0 saturated heterocycles. The molecule has 0 bridgehead atoms. The van der Waals surface area contributed by atoms with Crippen LogP contribution < -0.4 is 28.3 Å². The Kier molecular flexibility index (Phi) is 32.7. The van der Waals surface area contributed by atoms with Gasteiger partial charge in [-0.05, 0) is 171 Å². The monoisotopic (exact) mass is 1390 g/mol. The maximum atomic E-state index is 15.2. The smallest absolute Gasteiger partial charge is 0.242 e. The summed E-state index contributed by atoms with van der Waals surface area (Å²) in [6.45, 7) is -7.55. The highest BCUT2D eigenvalue weighted by Gasteiger charge is 2.32. The molecule has 0 aliphatic rings. The Balaban J connectivity index is 1.32. The van der Waals surface area contributed by atoms with Crippen molar-refractivity contribution in [2.45, 2.75) is 77.8 Å². The van der Waals surface area contributed by atoms with Crippen molar-refractivity contribution in [3.05, 3.63) is 214 Å². The van der Waals surface area contributed by atoms with Crippen LogP contribution in [-0.4, -0.2) is 191 Å². The summed E-state index contributed by atoms with van der Waals surface area (Å²) in [4.78, 5) is 139. The van der Waals surface area contributed by atoms with E-state index < -0.39 is 160 Å². The number of nitrogens with one attached hydrogen (secondary N) is 1. The number of rotatable bonds is 42. The average molecular weight is 1390 g/mol. The molecule has 536 valence electrons. The second kappa shape index (κ2) is 41.4. The Bertz CT molecular complexity index is 3730. The van der Waals surface area contributed by atoms with Crippen molar-refractivity contribution in [3.63, 3.8) is 0 Å². The van der Waals surface area contributed by atoms with Crippen molar-refractivity contribution < 1.29 is 69.5 Å². The molecule has 28 heteroatoms. The molecular formula is C72H87F6N13O9. The quantitative estimate of drug-likeness (QED) is 0.0251. The molecule has 0 aliphatic heterocycles. The fourth-order valence-electron chi connectivity index (χ4n) is 10.7. The van der Waals surface area contributed by atoms with Crippen LogP contribution in [0.1, 0.15) is 71.9 Å². The maximum absolute atomic E-state index is 15.2. The predicted octanol–water partition coefficient (Wildman–Crippen LogP) is 4.94. The molecule has 6 aromatic rings. The summed E-state index contributed by atoms with van der Waals surface area (Å²) >= 11 is 0. The topological polar surface area (TPSA) is 296 Å². The van der Waals surface area contributed by atoms with Crippen LogP contribution in [0.3, 0.4) is 0 Å². The van der Waals surface area contributed by atoms with Gasteiger partial charge in [0.1, 0.15) is 67.6 Å². The fraction of sp³-hybridized carbons (Fsp3) is 0.375. The van der Waals surface area contributed by atoms with Gasteiger partial charge in [0.25, 0.3) is 0 Å². The number of hydrogen-bond acceptors (Lipinski definition) is 13. The van der Waals surface area contributed by atoms with E-state index in [2.05, 4.69) is 5.32 Å². The van der Waals surface area contributed by atoms with Gasteiger partial charge < -0.3 is 67.5 Å². The maximum Gasteiger partial charge on any atom is 0.242 e. The average Bonchev–Trinajstić information content (AvgIpc) is 0.852. The van der Waals surface area contributed by atoms with Gasteiger partial charge in [-0.3, -0.25) is 43.2 Å². The first-order valence-corrected chi connectivity index (χ1v) is 32.8. The standard InChI is InChI=1S/C72H87F6N13O9/c73-58-19-7-13-52(31-58)38-86(44-64(82)92)70(98)50-90(42-56-17-11-23-62(77)35-56)68(96)45-84(29-5-2-26-80)67(95)48-89(41-55-16-10-22-61(76)34-55)72(100)51-91(43-57-18-12-24-63(78)36-57)69(97)46-85(30-6-3-27-81)66(94)47-88(40-54-15-9-21-60(75)33-54)71(99)49-87(39-53-14-8-20-59(74)32-53)65(93)37-83-28-4-1-25-79/h7-24,31-36,83H,1-6,25-30,37-51,79-81H2,(H2,82,92). The van der Waals surface area contributed by atoms with Gasteiger partial charge in [0.15, 0.2) is 0 Å². The molecule has 6 aromatic carbocycles. The Morgan fingerprint density at radius 3 is 0.750 bits per heavy atom. The lowest BCUT2D eigenvalue weighted by Gasteiger charge is -2.33. The van der Waals surface area contributed by atoms with Gasteiger partial charge in [-0.2, -0.15) is 0 Å². The fourth-order valence-corrected chi connectivity index (χ4v) is 10.7. The van der Waals surface area contributed by atoms with E-state index in [-0.39, 0.29) is 93.0 Å². The minimum Gasteiger partial charge on any atom is -0.368 e. The van der Waals surface area contributed by atoms with E-state index in [1.165, 1.54) is 95.9 Å². The molecule has 0 atom stereocenters. The number of primary amides is 1. The first kappa shape index (κ1) is 79.0. The SMILES string of the molecule is NCCCCNCC(=O)N(CC(=O)N(CC(=O)N(CCCCN)CC(=O)N(CC(=O)N(CC(=O)N(CCCCN)CC(=O)N(CC(=O)N(CC(N)=O)Cc1cccc(F)c1)Cc1cccc(F)c1)Cc1cccc(F)c1)Cc1cccc(F)c1)Cc1cccc(F)c1)Cc1cccc(F)c1. The van der Waals surface area contributed by atoms with Crippen LogP contribution >= 0.6 is 0 Å². The number of hydrogen-bond donors (Lipinski definition) is 5. The van der Waals surface area contributed by atoms with Crippen LogP contribution in [0.5, 0.6) is 0 Å². The van der Waals surface area contributed by atoms with Crippen LogP contribution in [0, 0.1) is 34.9 Å². The lowest BCUT2D eigenvalue weighted by atomic mass is 10.1. The zero-order chi connectivity index (χ0) is 72.5. The third-order valence-electron chi connectivity index (χ3n) is 15.9. The van der Waals surface area contributed by atoms with Crippen LogP contribution in [0.4, 0.5) is 26.3 Å². The Morgan fingerprint density at radius 2 is 0.510 bits per heavy atom. The summed E-state index contributed by atoms with van der Waals surface area (Å²) in [5.41, 5.74) is 24.4. The minimum atomic E-state index is -0.933. The lowest BCUT2D eigenvalue weighted by molar-refractivity contribution is -0.149. The second-order valence-electron chi connectivity index (χ2n) is 24.0. The zero-order valence-corrected chi connectivity index (χ0v) is 55.8. The summed E-state index contributed by atoms with van der Waals surface area (Å²) in [5.74, 6) is -11.4. The number of carbonyl (C=O) groups excluding carboxylic acids is 9. The summed E-state index contributed by atoms with van der Waals surface area (Å²) in [6.07, 6.45) is 2.46. The summed E-state index contributed by atoms with van der Waals surface area (Å²) in [6, 6.07) is 31.2. The van der Waals surface area contributed by atoms with Crippen LogP contribution in [0.2, 0.25) is 0 Å². The highest BCUT2D eigenvalue weighted by molar-refractivity contribution is 5.94. The molecule has 100 heavy (non-hydrogen) atoms. The number of halogens is 6. The molecule has 0 aromatic heterocycles. The first-order chi connectivity index (χ1) is 48.0. The molecule has 0 saturated carbocycles. The predicted molar refractivity (Wildman–Crippen MR) is 361 cm³/mol. The molecule has 0 unspecified atom stereocenters. The summed E-state index contributed by atoms with van der Waals surface area (Å²) < 4.78 is 88.3. The summed E-state index contributed by atoms with van der Waals surface area (Å²) in [7, 11) is 0. The van der Waals surface area contributed by atoms with Gasteiger partial charge in [0.05, 0.1) is 26.2 Å². The van der Waals surface area contributed by atoms with E-state index in [0.29, 0.717) is 44.3 Å². The van der Waals surface area contributed by atoms with E-state index in [1.807, 2.05) is 0 Å². The largest absolute Gasteiger partial charge is 0.368 e. The van der Waals surface area contributed by atoms with Crippen molar-refractivity contribution in [3.8, 4) is 0 Å². The molecule has 0 aliphatic carbocycles. The first-order valence-electron chi connectivity index (χ1n) is 32.8. The Hall–Kier alpha value is -10.0. The van der Waals surface area contributed by atoms with Gasteiger partial charge in [-0.1, -0.05) is 72.8 Å². The number of carbonyl (C=O) groups is 9. The van der Waals surface area contributed by atoms with E-state index >= 15 is 14.0 Å². The van der Waals surface area contributed by atoms with Gasteiger partial charge in [-0.15, -0.1) is 0 Å². The van der Waals surface area contributed by atoms with Crippen LogP contribution in [0.25, 0.3) is 0 Å². The minimum absolute atomic E-state index is 0.140. The van der Waals surface area contributed by atoms with Gasteiger partial charge >= 0.3 is 0 Å². The number of amides is 9. The number of benzene rings is 6. The molecule has 0 fully saturated rings. The van der Waals surface area contributed by atoms with Crippen molar-refractivity contribution in [2.75, 3.05) is 98.2 Å². The van der Waals surface area contributed by atoms with E-state index in [0.717, 1.165) is 82.8 Å². The van der Waals surface area contributed by atoms with Crippen molar-refractivity contribution in [2.24, 2.45) is 22.9 Å². The van der Waals surface area contributed by atoms with Crippen molar-refractivity contribution in [1.82, 2.24) is 44.5 Å². The Morgan fingerprint density at radius 1 is 0.290 bits per heavy atom. The zero-order valence-electron chi connectivity index (χ0n) is 55.8. The number of unbranched alkanes of at least 4 members (excludes halogenated alkanes) is 3. The molecule has 9 N–H and O–H groups in total. The normalized spacial score (nSPS) is 11.0. The Labute approximate surface area is 577 Å². The second-order valence-corrected chi connectivity index (χ2v) is 24.0. The van der Waals surface area contributed by atoms with Crippen LogP contribution in [-0.2, 0) is 82.4 Å². The summed E-state index contributed by atoms with van der Waals surface area (Å²) in [5, 5.41) is 3.03.